The molecule has 0 rings (SSSR count). The lowest BCUT2D eigenvalue weighted by Crippen LogP contribution is -1.87. The quantitative estimate of drug-likeness (QED) is 0.267. The average Bonchev–Trinajstić information content (AvgIpc) is 2.46. The van der Waals surface area contributed by atoms with E-state index in [0.29, 0.717) is 6.42 Å². The molecular formula is C23H38O. The van der Waals surface area contributed by atoms with Crippen molar-refractivity contribution in [3.05, 3.63) is 46.6 Å². The summed E-state index contributed by atoms with van der Waals surface area (Å²) < 4.78 is 0. The molecule has 0 aromatic rings. The molecule has 0 heterocycles. The van der Waals surface area contributed by atoms with Gasteiger partial charge in [-0.15, -0.1) is 0 Å². The first-order chi connectivity index (χ1) is 11.3. The highest BCUT2D eigenvalue weighted by molar-refractivity contribution is 5.75. The van der Waals surface area contributed by atoms with Crippen molar-refractivity contribution in [2.45, 2.75) is 92.9 Å². The van der Waals surface area contributed by atoms with Crippen LogP contribution in [0.4, 0.5) is 0 Å². The van der Waals surface area contributed by atoms with Crippen LogP contribution in [0.1, 0.15) is 92.9 Å². The van der Waals surface area contributed by atoms with Gasteiger partial charge in [-0.25, -0.2) is 0 Å². The molecule has 0 aromatic heterocycles. The summed E-state index contributed by atoms with van der Waals surface area (Å²) >= 11 is 0. The molecule has 0 bridgehead atoms. The molecule has 0 fully saturated rings. The van der Waals surface area contributed by atoms with Gasteiger partial charge in [0.05, 0.1) is 0 Å². The Morgan fingerprint density at radius 3 is 1.21 bits per heavy atom. The van der Waals surface area contributed by atoms with Crippen molar-refractivity contribution in [2.24, 2.45) is 0 Å². The molecule has 0 aliphatic rings. The van der Waals surface area contributed by atoms with Crippen LogP contribution in [0, 0.1) is 0 Å². The molecule has 0 saturated carbocycles. The van der Waals surface area contributed by atoms with Gasteiger partial charge in [-0.2, -0.15) is 0 Å². The molecule has 0 saturated heterocycles. The predicted molar refractivity (Wildman–Crippen MR) is 108 cm³/mol. The topological polar surface area (TPSA) is 17.1 Å². The highest BCUT2D eigenvalue weighted by Gasteiger charge is 1.94. The Kier molecular flexibility index (Phi) is 13.2. The molecule has 0 aliphatic carbocycles. The minimum atomic E-state index is 0.277. The molecule has 136 valence electrons. The van der Waals surface area contributed by atoms with Gasteiger partial charge in [0.1, 0.15) is 5.78 Å². The average molecular weight is 334 g/mol. The van der Waals surface area contributed by atoms with Gasteiger partial charge in [-0.1, -0.05) is 46.6 Å². The second-order valence-electron chi connectivity index (χ2n) is 7.29. The van der Waals surface area contributed by atoms with Gasteiger partial charge in [0.25, 0.3) is 0 Å². The Hall–Kier alpha value is -1.37. The number of ketones is 1. The van der Waals surface area contributed by atoms with Gasteiger partial charge in [-0.3, -0.25) is 0 Å². The number of rotatable bonds is 12. The molecule has 1 heteroatoms. The normalized spacial score (nSPS) is 13.2. The molecule has 0 unspecified atom stereocenters. The molecule has 0 aromatic carbocycles. The van der Waals surface area contributed by atoms with Crippen molar-refractivity contribution < 1.29 is 4.79 Å². The first-order valence-electron chi connectivity index (χ1n) is 9.41. The maximum absolute atomic E-state index is 10.9. The van der Waals surface area contributed by atoms with Crippen LogP contribution in [0.25, 0.3) is 0 Å². The summed E-state index contributed by atoms with van der Waals surface area (Å²) in [5.41, 5.74) is 5.80. The maximum atomic E-state index is 10.9. The zero-order valence-electron chi connectivity index (χ0n) is 16.9. The van der Waals surface area contributed by atoms with Crippen LogP contribution in [0.15, 0.2) is 46.6 Å². The summed E-state index contributed by atoms with van der Waals surface area (Å²) in [6.45, 7) is 12.6. The summed E-state index contributed by atoms with van der Waals surface area (Å²) in [6, 6.07) is 0. The van der Waals surface area contributed by atoms with Crippen molar-refractivity contribution in [2.75, 3.05) is 0 Å². The lowest BCUT2D eigenvalue weighted by Gasteiger charge is -2.02. The number of carbonyl (C=O) groups excluding carboxylic acids is 1. The van der Waals surface area contributed by atoms with E-state index in [1.54, 1.807) is 6.92 Å². The fraction of sp³-hybridized carbons (Fsp3) is 0.609. The molecule has 1 nitrogen and oxygen atoms in total. The van der Waals surface area contributed by atoms with Gasteiger partial charge in [0, 0.05) is 6.42 Å². The van der Waals surface area contributed by atoms with Crippen LogP contribution in [-0.4, -0.2) is 5.78 Å². The van der Waals surface area contributed by atoms with Crippen LogP contribution in [0.2, 0.25) is 0 Å². The van der Waals surface area contributed by atoms with Crippen molar-refractivity contribution in [1.82, 2.24) is 0 Å². The van der Waals surface area contributed by atoms with Gasteiger partial charge in [-0.05, 0) is 86.5 Å². The lowest BCUT2D eigenvalue weighted by atomic mass is 10.0. The van der Waals surface area contributed by atoms with Crippen molar-refractivity contribution in [1.29, 1.82) is 0 Å². The molecule has 0 N–H and O–H groups in total. The predicted octanol–water partition coefficient (Wildman–Crippen LogP) is 7.50. The molecular weight excluding hydrogens is 295 g/mol. The molecule has 24 heavy (non-hydrogen) atoms. The second kappa shape index (κ2) is 14.0. The summed E-state index contributed by atoms with van der Waals surface area (Å²) in [6.07, 6.45) is 17.7. The molecule has 0 spiro atoms. The Morgan fingerprint density at radius 1 is 0.542 bits per heavy atom. The van der Waals surface area contributed by atoms with Gasteiger partial charge >= 0.3 is 0 Å². The monoisotopic (exact) mass is 333 g/mol. The van der Waals surface area contributed by atoms with E-state index in [-0.39, 0.29) is 5.78 Å². The first-order valence-corrected chi connectivity index (χ1v) is 9.41. The number of allylic oxidation sites excluding steroid dienone is 8. The highest BCUT2D eigenvalue weighted by Crippen LogP contribution is 2.14. The smallest absolute Gasteiger partial charge is 0.130 e. The van der Waals surface area contributed by atoms with Crippen LogP contribution in [0.3, 0.4) is 0 Å². The van der Waals surface area contributed by atoms with Crippen molar-refractivity contribution >= 4 is 5.78 Å². The van der Waals surface area contributed by atoms with E-state index in [4.69, 9.17) is 0 Å². The largest absolute Gasteiger partial charge is 0.300 e. The van der Waals surface area contributed by atoms with Crippen LogP contribution >= 0.6 is 0 Å². The molecule has 0 radical (unpaired) electrons. The van der Waals surface area contributed by atoms with Crippen LogP contribution in [0.5, 0.6) is 0 Å². The summed E-state index contributed by atoms with van der Waals surface area (Å²) in [4.78, 5) is 10.9. The third-order valence-corrected chi connectivity index (χ3v) is 4.14. The lowest BCUT2D eigenvalue weighted by molar-refractivity contribution is -0.116. The van der Waals surface area contributed by atoms with Crippen LogP contribution in [-0.2, 0) is 4.79 Å². The Balaban J connectivity index is 3.98. The zero-order valence-corrected chi connectivity index (χ0v) is 16.9. The van der Waals surface area contributed by atoms with E-state index in [9.17, 15) is 4.79 Å². The summed E-state index contributed by atoms with van der Waals surface area (Å²) in [5.74, 6) is 0.277. The Bertz CT molecular complexity index is 482. The van der Waals surface area contributed by atoms with Gasteiger partial charge in [0.2, 0.25) is 0 Å². The van der Waals surface area contributed by atoms with Crippen molar-refractivity contribution in [3.8, 4) is 0 Å². The van der Waals surface area contributed by atoms with Gasteiger partial charge in [0.15, 0.2) is 0 Å². The second-order valence-corrected chi connectivity index (χ2v) is 7.29. The maximum Gasteiger partial charge on any atom is 0.130 e. The van der Waals surface area contributed by atoms with E-state index in [1.165, 1.54) is 28.7 Å². The summed E-state index contributed by atoms with van der Waals surface area (Å²) in [7, 11) is 0. The fourth-order valence-corrected chi connectivity index (χ4v) is 2.51. The van der Waals surface area contributed by atoms with Crippen LogP contribution < -0.4 is 0 Å². The number of Topliss-reactive ketones (excluding diaryl/α,β-unsaturated/α-hetero) is 1. The molecule has 0 amide bonds. The fourth-order valence-electron chi connectivity index (χ4n) is 2.51. The standard InChI is InChI=1S/C23H38O/c1-19(2)11-7-12-20(3)13-8-14-21(4)15-9-16-22(5)17-10-18-23(6)24/h11,13,15,17H,7-10,12,14,16,18H2,1-6H3/b20-13+,21-15+,22-17+/i6+1,18+1,23+1. The van der Waals surface area contributed by atoms with Crippen molar-refractivity contribution in [3.63, 3.8) is 0 Å². The van der Waals surface area contributed by atoms with E-state index in [2.05, 4.69) is 58.9 Å². The minimum absolute atomic E-state index is 0.277. The number of carbonyl (C=O) groups is 1. The van der Waals surface area contributed by atoms with E-state index >= 15 is 0 Å². The van der Waals surface area contributed by atoms with E-state index in [0.717, 1.165) is 38.5 Å². The molecule has 0 atom stereocenters. The third-order valence-electron chi connectivity index (χ3n) is 4.14. The Labute approximate surface area is 150 Å². The molecule has 0 aliphatic heterocycles. The van der Waals surface area contributed by atoms with E-state index in [1.807, 2.05) is 0 Å². The first kappa shape index (κ1) is 22.6. The number of hydrogen-bond acceptors (Lipinski definition) is 1. The Morgan fingerprint density at radius 2 is 0.875 bits per heavy atom. The summed E-state index contributed by atoms with van der Waals surface area (Å²) in [5, 5.41) is 0. The van der Waals surface area contributed by atoms with Gasteiger partial charge < -0.3 is 4.79 Å². The van der Waals surface area contributed by atoms with E-state index < -0.39 is 0 Å². The number of hydrogen-bond donors (Lipinski definition) is 0. The minimum Gasteiger partial charge on any atom is -0.300 e. The third kappa shape index (κ3) is 15.5. The SMILES string of the molecule is CC(C)=CCC/C(C)=C/CC/C(C)=C/CC/C(C)=C/C[13CH2][13C]([13CH3])=O. The zero-order chi connectivity index (χ0) is 18.4. The highest BCUT2D eigenvalue weighted by atomic mass is 16.2.